The minimum absolute atomic E-state index is 0.0444. The van der Waals surface area contributed by atoms with Crippen LogP contribution >= 0.6 is 0 Å². The molecule has 0 heterocycles. The van der Waals surface area contributed by atoms with Crippen LogP contribution in [0.4, 0.5) is 4.39 Å². The standard InChI is InChI=1S/C18H26FNO3/c1-3-4-5-6-12-20(13-11-18(22)23-2)17(21)14-15-7-9-16(19)10-8-15/h7-10H,3-6,11-14H2,1-2H3. The summed E-state index contributed by atoms with van der Waals surface area (Å²) in [5, 5.41) is 0. The molecule has 0 bridgehead atoms. The van der Waals surface area contributed by atoms with Crippen LogP contribution in [0.5, 0.6) is 0 Å². The van der Waals surface area contributed by atoms with Gasteiger partial charge in [0.1, 0.15) is 5.82 Å². The summed E-state index contributed by atoms with van der Waals surface area (Å²) >= 11 is 0. The van der Waals surface area contributed by atoms with Crippen LogP contribution in [0.3, 0.4) is 0 Å². The van der Waals surface area contributed by atoms with Crippen LogP contribution in [0, 0.1) is 5.82 Å². The number of esters is 1. The SMILES string of the molecule is CCCCCCN(CCC(=O)OC)C(=O)Cc1ccc(F)cc1. The van der Waals surface area contributed by atoms with Crippen molar-refractivity contribution in [2.75, 3.05) is 20.2 Å². The molecule has 0 saturated carbocycles. The first kappa shape index (κ1) is 19.1. The van der Waals surface area contributed by atoms with Gasteiger partial charge < -0.3 is 9.64 Å². The highest BCUT2D eigenvalue weighted by Crippen LogP contribution is 2.08. The Bertz CT molecular complexity index is 488. The number of benzene rings is 1. The maximum Gasteiger partial charge on any atom is 0.307 e. The first-order valence-corrected chi connectivity index (χ1v) is 8.15. The third kappa shape index (κ3) is 7.77. The number of carbonyl (C=O) groups excluding carboxylic acids is 2. The molecule has 0 saturated heterocycles. The van der Waals surface area contributed by atoms with Gasteiger partial charge in [0.05, 0.1) is 20.0 Å². The minimum Gasteiger partial charge on any atom is -0.469 e. The van der Waals surface area contributed by atoms with Gasteiger partial charge in [-0.25, -0.2) is 4.39 Å². The van der Waals surface area contributed by atoms with Gasteiger partial charge in [-0.15, -0.1) is 0 Å². The molecule has 1 aromatic rings. The van der Waals surface area contributed by atoms with Crippen molar-refractivity contribution in [2.24, 2.45) is 0 Å². The van der Waals surface area contributed by atoms with Crippen LogP contribution in [0.15, 0.2) is 24.3 Å². The molecule has 0 aliphatic carbocycles. The topological polar surface area (TPSA) is 46.6 Å². The van der Waals surface area contributed by atoms with Crippen molar-refractivity contribution in [1.82, 2.24) is 4.90 Å². The summed E-state index contributed by atoms with van der Waals surface area (Å²) in [5.41, 5.74) is 0.771. The summed E-state index contributed by atoms with van der Waals surface area (Å²) in [5.74, 6) is -0.682. The average molecular weight is 323 g/mol. The van der Waals surface area contributed by atoms with Crippen molar-refractivity contribution >= 4 is 11.9 Å². The molecule has 128 valence electrons. The molecule has 0 N–H and O–H groups in total. The number of hydrogen-bond acceptors (Lipinski definition) is 3. The normalized spacial score (nSPS) is 10.4. The lowest BCUT2D eigenvalue weighted by Crippen LogP contribution is -2.35. The molecule has 4 nitrogen and oxygen atoms in total. The van der Waals surface area contributed by atoms with Gasteiger partial charge in [-0.2, -0.15) is 0 Å². The summed E-state index contributed by atoms with van der Waals surface area (Å²) in [6.07, 6.45) is 4.66. The first-order valence-electron chi connectivity index (χ1n) is 8.15. The van der Waals surface area contributed by atoms with Gasteiger partial charge in [0, 0.05) is 13.1 Å². The van der Waals surface area contributed by atoms with Gasteiger partial charge in [0.25, 0.3) is 0 Å². The van der Waals surface area contributed by atoms with Crippen molar-refractivity contribution in [3.05, 3.63) is 35.6 Å². The van der Waals surface area contributed by atoms with E-state index in [9.17, 15) is 14.0 Å². The number of amides is 1. The second-order valence-corrected chi connectivity index (χ2v) is 5.57. The smallest absolute Gasteiger partial charge is 0.307 e. The Kier molecular flexibility index (Phi) is 8.95. The second-order valence-electron chi connectivity index (χ2n) is 5.57. The highest BCUT2D eigenvalue weighted by atomic mass is 19.1. The molecule has 5 heteroatoms. The van der Waals surface area contributed by atoms with Crippen LogP contribution in [0.2, 0.25) is 0 Å². The van der Waals surface area contributed by atoms with Crippen LogP contribution in [-0.2, 0) is 20.7 Å². The van der Waals surface area contributed by atoms with E-state index < -0.39 is 0 Å². The minimum atomic E-state index is -0.321. The maximum atomic E-state index is 12.9. The van der Waals surface area contributed by atoms with E-state index in [1.807, 2.05) is 0 Å². The molecule has 1 amide bonds. The third-order valence-electron chi connectivity index (χ3n) is 3.72. The van der Waals surface area contributed by atoms with E-state index in [2.05, 4.69) is 11.7 Å². The van der Waals surface area contributed by atoms with E-state index in [1.165, 1.54) is 19.2 Å². The molecule has 0 fully saturated rings. The number of halogens is 1. The predicted molar refractivity (Wildman–Crippen MR) is 87.5 cm³/mol. The summed E-state index contributed by atoms with van der Waals surface area (Å²) in [6, 6.07) is 5.93. The Morgan fingerprint density at radius 2 is 1.78 bits per heavy atom. The van der Waals surface area contributed by atoms with E-state index >= 15 is 0 Å². The van der Waals surface area contributed by atoms with Gasteiger partial charge >= 0.3 is 5.97 Å². The van der Waals surface area contributed by atoms with E-state index in [-0.39, 0.29) is 30.5 Å². The molecular weight excluding hydrogens is 297 g/mol. The Morgan fingerprint density at radius 3 is 2.39 bits per heavy atom. The monoisotopic (exact) mass is 323 g/mol. The summed E-state index contributed by atoms with van der Waals surface area (Å²) in [6.45, 7) is 3.13. The summed E-state index contributed by atoms with van der Waals surface area (Å²) in [4.78, 5) is 25.5. The van der Waals surface area contributed by atoms with Crippen LogP contribution in [-0.4, -0.2) is 37.0 Å². The number of hydrogen-bond donors (Lipinski definition) is 0. The van der Waals surface area contributed by atoms with E-state index in [4.69, 9.17) is 0 Å². The number of methoxy groups -OCH3 is 1. The number of carbonyl (C=O) groups is 2. The van der Waals surface area contributed by atoms with Gasteiger partial charge in [0.15, 0.2) is 0 Å². The van der Waals surface area contributed by atoms with Crippen LogP contribution in [0.1, 0.15) is 44.6 Å². The fourth-order valence-electron chi connectivity index (χ4n) is 2.31. The Morgan fingerprint density at radius 1 is 1.09 bits per heavy atom. The Labute approximate surface area is 137 Å². The van der Waals surface area contributed by atoms with Crippen molar-refractivity contribution in [1.29, 1.82) is 0 Å². The Balaban J connectivity index is 2.58. The van der Waals surface area contributed by atoms with Crippen molar-refractivity contribution in [2.45, 2.75) is 45.4 Å². The Hall–Kier alpha value is -1.91. The quantitative estimate of drug-likeness (QED) is 0.490. The summed E-state index contributed by atoms with van der Waals surface area (Å²) in [7, 11) is 1.34. The molecule has 1 aromatic carbocycles. The zero-order valence-electron chi connectivity index (χ0n) is 14.0. The second kappa shape index (κ2) is 10.8. The fourth-order valence-corrected chi connectivity index (χ4v) is 2.31. The fraction of sp³-hybridized carbons (Fsp3) is 0.556. The van der Waals surface area contributed by atoms with Gasteiger partial charge in [0.2, 0.25) is 5.91 Å². The lowest BCUT2D eigenvalue weighted by atomic mass is 10.1. The summed E-state index contributed by atoms with van der Waals surface area (Å²) < 4.78 is 17.6. The van der Waals surface area contributed by atoms with Crippen molar-refractivity contribution in [3.8, 4) is 0 Å². The number of nitrogens with zero attached hydrogens (tertiary/aromatic N) is 1. The van der Waals surface area contributed by atoms with E-state index in [0.717, 1.165) is 31.2 Å². The molecule has 0 spiro atoms. The molecule has 23 heavy (non-hydrogen) atoms. The number of ether oxygens (including phenoxy) is 1. The van der Waals surface area contributed by atoms with Crippen molar-refractivity contribution < 1.29 is 18.7 Å². The highest BCUT2D eigenvalue weighted by Gasteiger charge is 2.15. The molecule has 0 radical (unpaired) electrons. The third-order valence-corrected chi connectivity index (χ3v) is 3.72. The zero-order valence-corrected chi connectivity index (χ0v) is 14.0. The van der Waals surface area contributed by atoms with Gasteiger partial charge in [-0.05, 0) is 24.1 Å². The molecule has 0 aromatic heterocycles. The van der Waals surface area contributed by atoms with E-state index in [1.54, 1.807) is 17.0 Å². The van der Waals surface area contributed by atoms with E-state index in [0.29, 0.717) is 13.1 Å². The van der Waals surface area contributed by atoms with Crippen LogP contribution < -0.4 is 0 Å². The molecule has 0 atom stereocenters. The lowest BCUT2D eigenvalue weighted by molar-refractivity contribution is -0.141. The molecule has 0 aliphatic rings. The van der Waals surface area contributed by atoms with Gasteiger partial charge in [-0.1, -0.05) is 38.3 Å². The van der Waals surface area contributed by atoms with Crippen LogP contribution in [0.25, 0.3) is 0 Å². The zero-order chi connectivity index (χ0) is 17.1. The average Bonchev–Trinajstić information content (AvgIpc) is 2.55. The molecular formula is C18H26FNO3. The van der Waals surface area contributed by atoms with Gasteiger partial charge in [-0.3, -0.25) is 9.59 Å². The lowest BCUT2D eigenvalue weighted by Gasteiger charge is -2.22. The first-order chi connectivity index (χ1) is 11.1. The number of rotatable bonds is 10. The van der Waals surface area contributed by atoms with Crippen molar-refractivity contribution in [3.63, 3.8) is 0 Å². The highest BCUT2D eigenvalue weighted by molar-refractivity contribution is 5.79. The largest absolute Gasteiger partial charge is 0.469 e. The molecule has 0 unspecified atom stereocenters. The number of unbranched alkanes of at least 4 members (excludes halogenated alkanes) is 3. The molecule has 0 aliphatic heterocycles. The predicted octanol–water partition coefficient (Wildman–Crippen LogP) is 3.34. The maximum absolute atomic E-state index is 12.9. The molecule has 1 rings (SSSR count).